The van der Waals surface area contributed by atoms with Crippen LogP contribution in [0.15, 0.2) is 24.6 Å². The van der Waals surface area contributed by atoms with E-state index in [0.29, 0.717) is 11.6 Å². The molecule has 0 radical (unpaired) electrons. The molecule has 0 saturated carbocycles. The minimum absolute atomic E-state index is 0.441. The highest BCUT2D eigenvalue weighted by atomic mass is 16.5. The molecule has 0 aliphatic carbocycles. The fourth-order valence-corrected chi connectivity index (χ4v) is 0.854. The Kier molecular flexibility index (Phi) is 2.51. The summed E-state index contributed by atoms with van der Waals surface area (Å²) in [5.41, 5.74) is 9.62. The van der Waals surface area contributed by atoms with Gasteiger partial charge in [0.05, 0.1) is 12.8 Å². The molecule has 1 aromatic rings. The van der Waals surface area contributed by atoms with Gasteiger partial charge in [0.25, 0.3) is 0 Å². The Labute approximate surface area is 71.2 Å². The van der Waals surface area contributed by atoms with Crippen molar-refractivity contribution in [1.29, 1.82) is 0 Å². The number of ether oxygens (including phenoxy) is 1. The summed E-state index contributed by atoms with van der Waals surface area (Å²) in [7, 11) is 1.53. The quantitative estimate of drug-likeness (QED) is 0.670. The van der Waals surface area contributed by atoms with E-state index in [1.807, 2.05) is 0 Å². The summed E-state index contributed by atoms with van der Waals surface area (Å²) in [5.74, 6) is 0.441. The number of anilines is 1. The van der Waals surface area contributed by atoms with Gasteiger partial charge in [-0.3, -0.25) is 0 Å². The Balaban J connectivity index is 3.09. The molecule has 0 aliphatic heterocycles. The van der Waals surface area contributed by atoms with E-state index < -0.39 is 0 Å². The zero-order chi connectivity index (χ0) is 8.97. The minimum atomic E-state index is 0.441. The van der Waals surface area contributed by atoms with Crippen molar-refractivity contribution in [2.75, 3.05) is 12.8 Å². The van der Waals surface area contributed by atoms with Gasteiger partial charge in [0.2, 0.25) is 5.88 Å². The second kappa shape index (κ2) is 3.60. The van der Waals surface area contributed by atoms with Crippen LogP contribution in [0.3, 0.4) is 0 Å². The molecule has 3 nitrogen and oxygen atoms in total. The molecule has 0 saturated heterocycles. The van der Waals surface area contributed by atoms with E-state index >= 15 is 0 Å². The van der Waals surface area contributed by atoms with E-state index in [0.717, 1.165) is 5.56 Å². The first-order valence-corrected chi connectivity index (χ1v) is 3.43. The lowest BCUT2D eigenvalue weighted by molar-refractivity contribution is 0.400. The summed E-state index contributed by atoms with van der Waals surface area (Å²) in [4.78, 5) is 3.97. The van der Waals surface area contributed by atoms with Gasteiger partial charge >= 0.3 is 0 Å². The molecule has 0 amide bonds. The molecule has 0 unspecified atom stereocenters. The molecule has 1 heterocycles. The van der Waals surface area contributed by atoms with Crippen LogP contribution in [0.1, 0.15) is 5.56 Å². The van der Waals surface area contributed by atoms with Gasteiger partial charge in [0, 0.05) is 11.8 Å². The smallest absolute Gasteiger partial charge is 0.236 e. The third kappa shape index (κ3) is 1.65. The Bertz CT molecular complexity index is 327. The average Bonchev–Trinajstić information content (AvgIpc) is 2.05. The standard InChI is InChI=1S/C9H10N2O/c1-3-4-7-5-8(10)9(12-2)11-6-7/h4-6H,1,10H2,2H3. The summed E-state index contributed by atoms with van der Waals surface area (Å²) in [6, 6.07) is 1.75. The van der Waals surface area contributed by atoms with Crippen molar-refractivity contribution in [3.05, 3.63) is 30.1 Å². The maximum absolute atomic E-state index is 5.61. The minimum Gasteiger partial charge on any atom is -0.480 e. The summed E-state index contributed by atoms with van der Waals surface area (Å²) in [6.45, 7) is 3.45. The zero-order valence-corrected chi connectivity index (χ0v) is 6.87. The van der Waals surface area contributed by atoms with Gasteiger partial charge in [0.15, 0.2) is 0 Å². The maximum atomic E-state index is 5.61. The number of rotatable bonds is 2. The summed E-state index contributed by atoms with van der Waals surface area (Å²) < 4.78 is 4.89. The van der Waals surface area contributed by atoms with Gasteiger partial charge in [0.1, 0.15) is 0 Å². The highest BCUT2D eigenvalue weighted by molar-refractivity contribution is 5.57. The van der Waals surface area contributed by atoms with Crippen molar-refractivity contribution in [2.45, 2.75) is 0 Å². The number of nitrogen functional groups attached to an aromatic ring is 1. The van der Waals surface area contributed by atoms with Gasteiger partial charge in [-0.05, 0) is 12.1 Å². The van der Waals surface area contributed by atoms with Crippen LogP contribution in [0.25, 0.3) is 6.08 Å². The van der Waals surface area contributed by atoms with Crippen LogP contribution in [-0.4, -0.2) is 12.1 Å². The van der Waals surface area contributed by atoms with Gasteiger partial charge in [-0.25, -0.2) is 4.98 Å². The number of pyridine rings is 1. The maximum Gasteiger partial charge on any atom is 0.236 e. The fraction of sp³-hybridized carbons (Fsp3) is 0.111. The molecule has 3 heteroatoms. The van der Waals surface area contributed by atoms with Crippen molar-refractivity contribution in [1.82, 2.24) is 4.98 Å². The number of nitrogens with two attached hydrogens (primary N) is 1. The normalized spacial score (nSPS) is 8.75. The lowest BCUT2D eigenvalue weighted by atomic mass is 10.2. The molecule has 1 aromatic heterocycles. The second-order valence-electron chi connectivity index (χ2n) is 2.22. The largest absolute Gasteiger partial charge is 0.480 e. The molecular weight excluding hydrogens is 152 g/mol. The average molecular weight is 162 g/mol. The van der Waals surface area contributed by atoms with E-state index in [1.165, 1.54) is 7.11 Å². The molecule has 2 N–H and O–H groups in total. The Hall–Kier alpha value is -1.73. The van der Waals surface area contributed by atoms with Gasteiger partial charge < -0.3 is 10.5 Å². The van der Waals surface area contributed by atoms with Crippen molar-refractivity contribution >= 4 is 11.8 Å². The van der Waals surface area contributed by atoms with E-state index in [1.54, 1.807) is 18.3 Å². The number of hydrogen-bond donors (Lipinski definition) is 1. The molecule has 0 aliphatic rings. The monoisotopic (exact) mass is 162 g/mol. The first-order valence-electron chi connectivity index (χ1n) is 3.43. The van der Waals surface area contributed by atoms with Crippen LogP contribution in [0.2, 0.25) is 0 Å². The van der Waals surface area contributed by atoms with Crippen LogP contribution >= 0.6 is 0 Å². The number of aromatic nitrogens is 1. The first kappa shape index (κ1) is 8.37. The third-order valence-electron chi connectivity index (χ3n) is 1.36. The SMILES string of the molecule is C=C=Cc1cnc(OC)c(N)c1. The molecule has 0 atom stereocenters. The molecule has 62 valence electrons. The highest BCUT2D eigenvalue weighted by Crippen LogP contribution is 2.18. The third-order valence-corrected chi connectivity index (χ3v) is 1.36. The van der Waals surface area contributed by atoms with E-state index in [-0.39, 0.29) is 0 Å². The fourth-order valence-electron chi connectivity index (χ4n) is 0.854. The summed E-state index contributed by atoms with van der Waals surface area (Å²) in [5, 5.41) is 0. The van der Waals surface area contributed by atoms with Crippen molar-refractivity contribution in [3.63, 3.8) is 0 Å². The van der Waals surface area contributed by atoms with Crippen molar-refractivity contribution in [2.24, 2.45) is 0 Å². The molecule has 1 rings (SSSR count). The highest BCUT2D eigenvalue weighted by Gasteiger charge is 1.99. The number of methoxy groups -OCH3 is 1. The Morgan fingerprint density at radius 2 is 2.50 bits per heavy atom. The van der Waals surface area contributed by atoms with Crippen molar-refractivity contribution < 1.29 is 4.74 Å². The van der Waals surface area contributed by atoms with E-state index in [9.17, 15) is 0 Å². The second-order valence-corrected chi connectivity index (χ2v) is 2.22. The lowest BCUT2D eigenvalue weighted by Crippen LogP contribution is -1.95. The zero-order valence-electron chi connectivity index (χ0n) is 6.87. The van der Waals surface area contributed by atoms with E-state index in [4.69, 9.17) is 10.5 Å². The van der Waals surface area contributed by atoms with Crippen LogP contribution < -0.4 is 10.5 Å². The summed E-state index contributed by atoms with van der Waals surface area (Å²) >= 11 is 0. The van der Waals surface area contributed by atoms with Crippen LogP contribution in [0.4, 0.5) is 5.69 Å². The van der Waals surface area contributed by atoms with Crippen LogP contribution in [0.5, 0.6) is 5.88 Å². The van der Waals surface area contributed by atoms with Crippen LogP contribution in [-0.2, 0) is 0 Å². The molecule has 0 spiro atoms. The molecular formula is C9H10N2O. The number of nitrogens with zero attached hydrogens (tertiary/aromatic N) is 1. The Morgan fingerprint density at radius 3 is 3.00 bits per heavy atom. The van der Waals surface area contributed by atoms with Crippen LogP contribution in [0, 0.1) is 0 Å². The molecule has 12 heavy (non-hydrogen) atoms. The summed E-state index contributed by atoms with van der Waals surface area (Å²) in [6.07, 6.45) is 3.34. The molecule has 0 bridgehead atoms. The van der Waals surface area contributed by atoms with Gasteiger partial charge in [-0.2, -0.15) is 0 Å². The van der Waals surface area contributed by atoms with Crippen molar-refractivity contribution in [3.8, 4) is 5.88 Å². The topological polar surface area (TPSA) is 48.1 Å². The predicted octanol–water partition coefficient (Wildman–Crippen LogP) is 1.47. The van der Waals surface area contributed by atoms with Gasteiger partial charge in [-0.1, -0.05) is 6.58 Å². The number of hydrogen-bond acceptors (Lipinski definition) is 3. The Morgan fingerprint density at radius 1 is 1.75 bits per heavy atom. The predicted molar refractivity (Wildman–Crippen MR) is 48.8 cm³/mol. The lowest BCUT2D eigenvalue weighted by Gasteiger charge is -2.02. The molecule has 0 fully saturated rings. The first-order chi connectivity index (χ1) is 5.77. The van der Waals surface area contributed by atoms with E-state index in [2.05, 4.69) is 17.3 Å². The van der Waals surface area contributed by atoms with Gasteiger partial charge in [-0.15, -0.1) is 5.73 Å². The molecule has 0 aromatic carbocycles.